The molecule has 104 valence electrons. The van der Waals surface area contributed by atoms with Crippen molar-refractivity contribution in [3.8, 4) is 5.75 Å². The van der Waals surface area contributed by atoms with Crippen molar-refractivity contribution >= 4 is 0 Å². The van der Waals surface area contributed by atoms with Crippen LogP contribution in [-0.2, 0) is 0 Å². The van der Waals surface area contributed by atoms with Gasteiger partial charge in [-0.05, 0) is 37.0 Å². The Bertz CT molecular complexity index is 427. The number of rotatable bonds is 4. The van der Waals surface area contributed by atoms with Crippen molar-refractivity contribution in [2.45, 2.75) is 26.3 Å². The van der Waals surface area contributed by atoms with E-state index in [1.165, 1.54) is 5.56 Å². The third-order valence-corrected chi connectivity index (χ3v) is 3.88. The van der Waals surface area contributed by atoms with E-state index in [-0.39, 0.29) is 0 Å². The Morgan fingerprint density at radius 1 is 1.32 bits per heavy atom. The van der Waals surface area contributed by atoms with Gasteiger partial charge in [0.05, 0.1) is 0 Å². The number of phenols is 1. The van der Waals surface area contributed by atoms with Crippen LogP contribution in [0.15, 0.2) is 24.8 Å². The molecule has 0 bridgehead atoms. The molecule has 1 aromatic carbocycles. The molecule has 1 atom stereocenters. The molecule has 1 aliphatic rings. The fourth-order valence-corrected chi connectivity index (χ4v) is 2.83. The maximum atomic E-state index is 9.91. The van der Waals surface area contributed by atoms with E-state index in [0.717, 1.165) is 43.7 Å². The Balaban J connectivity index is 2.29. The molecule has 1 saturated heterocycles. The second-order valence-electron chi connectivity index (χ2n) is 5.33. The molecule has 0 radical (unpaired) electrons. The van der Waals surface area contributed by atoms with E-state index in [2.05, 4.69) is 28.9 Å². The fourth-order valence-electron chi connectivity index (χ4n) is 2.83. The highest BCUT2D eigenvalue weighted by molar-refractivity contribution is 5.43. The highest BCUT2D eigenvalue weighted by Crippen LogP contribution is 2.31. The van der Waals surface area contributed by atoms with Crippen molar-refractivity contribution in [3.63, 3.8) is 0 Å². The lowest BCUT2D eigenvalue weighted by Gasteiger charge is -2.35. The van der Waals surface area contributed by atoms with E-state index >= 15 is 0 Å². The predicted molar refractivity (Wildman–Crippen MR) is 79.6 cm³/mol. The smallest absolute Gasteiger partial charge is 0.121 e. The monoisotopic (exact) mass is 260 g/mol. The summed E-state index contributed by atoms with van der Waals surface area (Å²) >= 11 is 0. The molecule has 1 fully saturated rings. The van der Waals surface area contributed by atoms with Crippen molar-refractivity contribution in [1.29, 1.82) is 0 Å². The van der Waals surface area contributed by atoms with E-state index in [4.69, 9.17) is 0 Å². The number of hydrogen-bond donors (Lipinski definition) is 2. The average molecular weight is 260 g/mol. The van der Waals surface area contributed by atoms with E-state index in [1.807, 2.05) is 19.9 Å². The quantitative estimate of drug-likeness (QED) is 0.817. The van der Waals surface area contributed by atoms with Gasteiger partial charge in [-0.1, -0.05) is 18.2 Å². The zero-order valence-electron chi connectivity index (χ0n) is 11.9. The molecule has 3 nitrogen and oxygen atoms in total. The first-order valence-electron chi connectivity index (χ1n) is 6.99. The lowest BCUT2D eigenvalue weighted by atomic mass is 9.96. The van der Waals surface area contributed by atoms with Crippen LogP contribution in [0, 0.1) is 13.8 Å². The van der Waals surface area contributed by atoms with Gasteiger partial charge in [0.1, 0.15) is 5.75 Å². The van der Waals surface area contributed by atoms with Crippen molar-refractivity contribution in [2.75, 3.05) is 26.2 Å². The molecule has 0 unspecified atom stereocenters. The van der Waals surface area contributed by atoms with Crippen LogP contribution in [0.25, 0.3) is 0 Å². The van der Waals surface area contributed by atoms with E-state index < -0.39 is 0 Å². The van der Waals surface area contributed by atoms with Crippen LogP contribution >= 0.6 is 0 Å². The summed E-state index contributed by atoms with van der Waals surface area (Å²) in [5.74, 6) is 0.418. The first kappa shape index (κ1) is 14.1. The molecule has 1 heterocycles. The summed E-state index contributed by atoms with van der Waals surface area (Å²) in [6, 6.07) is 4.59. The zero-order chi connectivity index (χ0) is 13.8. The maximum absolute atomic E-state index is 9.91. The molecule has 1 aromatic rings. The summed E-state index contributed by atoms with van der Waals surface area (Å²) in [7, 11) is 0. The van der Waals surface area contributed by atoms with Crippen molar-refractivity contribution in [3.05, 3.63) is 41.5 Å². The van der Waals surface area contributed by atoms with Gasteiger partial charge in [0.15, 0.2) is 0 Å². The topological polar surface area (TPSA) is 35.5 Å². The molecular weight excluding hydrogens is 236 g/mol. The summed E-state index contributed by atoms with van der Waals surface area (Å²) in [5.41, 5.74) is 3.20. The number of nitrogens with one attached hydrogen (secondary N) is 1. The van der Waals surface area contributed by atoms with Crippen molar-refractivity contribution in [1.82, 2.24) is 10.2 Å². The summed E-state index contributed by atoms with van der Waals surface area (Å²) < 4.78 is 0. The van der Waals surface area contributed by atoms with Gasteiger partial charge >= 0.3 is 0 Å². The number of aryl methyl sites for hydroxylation is 2. The van der Waals surface area contributed by atoms with Gasteiger partial charge in [-0.25, -0.2) is 0 Å². The van der Waals surface area contributed by atoms with Crippen LogP contribution < -0.4 is 5.32 Å². The van der Waals surface area contributed by atoms with Crippen molar-refractivity contribution in [2.24, 2.45) is 0 Å². The van der Waals surface area contributed by atoms with Gasteiger partial charge in [-0.2, -0.15) is 0 Å². The number of benzene rings is 1. The number of nitrogens with zero attached hydrogens (tertiary/aromatic N) is 1. The molecule has 2 N–H and O–H groups in total. The molecule has 0 aromatic heterocycles. The molecule has 0 spiro atoms. The largest absolute Gasteiger partial charge is 0.507 e. The lowest BCUT2D eigenvalue weighted by molar-refractivity contribution is 0.174. The molecule has 0 aliphatic carbocycles. The van der Waals surface area contributed by atoms with Crippen LogP contribution in [0.4, 0.5) is 0 Å². The van der Waals surface area contributed by atoms with Gasteiger partial charge in [-0.15, -0.1) is 6.58 Å². The minimum absolute atomic E-state index is 0.373. The second kappa shape index (κ2) is 6.22. The van der Waals surface area contributed by atoms with Gasteiger partial charge < -0.3 is 10.4 Å². The molecule has 1 aliphatic heterocycles. The molecule has 0 saturated carbocycles. The molecule has 19 heavy (non-hydrogen) atoms. The van der Waals surface area contributed by atoms with E-state index in [0.29, 0.717) is 11.8 Å². The second-order valence-corrected chi connectivity index (χ2v) is 5.33. The third-order valence-electron chi connectivity index (χ3n) is 3.88. The fraction of sp³-hybridized carbons (Fsp3) is 0.500. The minimum Gasteiger partial charge on any atom is -0.507 e. The number of piperazine rings is 1. The lowest BCUT2D eigenvalue weighted by Crippen LogP contribution is -2.45. The van der Waals surface area contributed by atoms with Crippen LogP contribution in [0.1, 0.15) is 29.2 Å². The number of phenolic OH excluding ortho intramolecular Hbond substituents is 1. The van der Waals surface area contributed by atoms with Gasteiger partial charge in [-0.3, -0.25) is 4.90 Å². The Morgan fingerprint density at radius 3 is 2.42 bits per heavy atom. The first-order valence-corrected chi connectivity index (χ1v) is 6.99. The molecule has 0 amide bonds. The Hall–Kier alpha value is -1.32. The Morgan fingerprint density at radius 2 is 1.89 bits per heavy atom. The van der Waals surface area contributed by atoms with E-state index in [1.54, 1.807) is 0 Å². The third kappa shape index (κ3) is 3.17. The van der Waals surface area contributed by atoms with Crippen molar-refractivity contribution < 1.29 is 5.11 Å². The highest BCUT2D eigenvalue weighted by Gasteiger charge is 2.22. The molecule has 3 heteroatoms. The van der Waals surface area contributed by atoms with Gasteiger partial charge in [0.25, 0.3) is 0 Å². The van der Waals surface area contributed by atoms with Gasteiger partial charge in [0.2, 0.25) is 0 Å². The Kier molecular flexibility index (Phi) is 4.61. The van der Waals surface area contributed by atoms with Crippen LogP contribution in [0.5, 0.6) is 5.75 Å². The Labute approximate surface area is 115 Å². The zero-order valence-corrected chi connectivity index (χ0v) is 11.9. The van der Waals surface area contributed by atoms with E-state index in [9.17, 15) is 5.11 Å². The molecular formula is C16H24N2O. The summed E-state index contributed by atoms with van der Waals surface area (Å²) in [4.78, 5) is 2.50. The minimum atomic E-state index is 0.373. The number of hydrogen-bond acceptors (Lipinski definition) is 3. The summed E-state index contributed by atoms with van der Waals surface area (Å²) in [6.07, 6.45) is 2.94. The highest BCUT2D eigenvalue weighted by atomic mass is 16.3. The molecule has 2 rings (SSSR count). The first-order chi connectivity index (χ1) is 9.13. The summed E-state index contributed by atoms with van der Waals surface area (Å²) in [5, 5.41) is 13.3. The maximum Gasteiger partial charge on any atom is 0.121 e. The normalized spacial score (nSPS) is 18.2. The van der Waals surface area contributed by atoms with Crippen LogP contribution in [0.3, 0.4) is 0 Å². The number of aromatic hydroxyl groups is 1. The van der Waals surface area contributed by atoms with Crippen LogP contribution in [0.2, 0.25) is 0 Å². The summed E-state index contributed by atoms with van der Waals surface area (Å²) in [6.45, 7) is 12.0. The van der Waals surface area contributed by atoms with Gasteiger partial charge in [0, 0.05) is 32.2 Å². The standard InChI is InChI=1S/C16H24N2O/c1-4-5-15(18-8-6-17-7-9-18)14-10-12(2)16(19)13(3)11-14/h4,10-11,15,17,19H,1,5-9H2,2-3H3/t15-/m1/s1. The predicted octanol–water partition coefficient (Wildman–Crippen LogP) is 2.53. The SMILES string of the molecule is C=CC[C@H](c1cc(C)c(O)c(C)c1)N1CCNCC1. The average Bonchev–Trinajstić information content (AvgIpc) is 2.42. The van der Waals surface area contributed by atoms with Crippen LogP contribution in [-0.4, -0.2) is 36.2 Å².